The molecule has 1 amide bonds. The second-order valence-electron chi connectivity index (χ2n) is 11.4. The first-order chi connectivity index (χ1) is 19.3. The SMILES string of the molecule is CCCCCCCCCCC/C=C/CC/C=C/C(O)C(CS(=O)(=O)O)NC(=O)CCCCCCCCCCCC. The molecule has 0 aliphatic rings. The van der Waals surface area contributed by atoms with Crippen LogP contribution in [0, 0.1) is 0 Å². The highest BCUT2D eigenvalue weighted by Gasteiger charge is 2.24. The first-order valence-corrected chi connectivity index (χ1v) is 18.1. The molecule has 0 aromatic rings. The molecule has 0 aliphatic carbocycles. The Morgan fingerprint density at radius 3 is 1.57 bits per heavy atom. The van der Waals surface area contributed by atoms with Crippen molar-refractivity contribution in [2.75, 3.05) is 5.75 Å². The summed E-state index contributed by atoms with van der Waals surface area (Å²) in [6.45, 7) is 4.47. The van der Waals surface area contributed by atoms with Crippen molar-refractivity contribution in [3.05, 3.63) is 24.3 Å². The monoisotopic (exact) mass is 585 g/mol. The van der Waals surface area contributed by atoms with Crippen molar-refractivity contribution in [3.63, 3.8) is 0 Å². The lowest BCUT2D eigenvalue weighted by atomic mass is 10.1. The van der Waals surface area contributed by atoms with E-state index in [1.165, 1.54) is 109 Å². The number of aliphatic hydroxyl groups is 1. The van der Waals surface area contributed by atoms with E-state index in [1.54, 1.807) is 6.08 Å². The van der Waals surface area contributed by atoms with Crippen LogP contribution in [-0.4, -0.2) is 41.9 Å². The van der Waals surface area contributed by atoms with Crippen LogP contribution in [0.2, 0.25) is 0 Å². The lowest BCUT2D eigenvalue weighted by molar-refractivity contribution is -0.122. The molecule has 40 heavy (non-hydrogen) atoms. The molecule has 3 N–H and O–H groups in total. The van der Waals surface area contributed by atoms with Crippen molar-refractivity contribution in [2.45, 2.75) is 174 Å². The minimum Gasteiger partial charge on any atom is -0.387 e. The van der Waals surface area contributed by atoms with Crippen molar-refractivity contribution < 1.29 is 22.9 Å². The average Bonchev–Trinajstić information content (AvgIpc) is 2.90. The highest BCUT2D eigenvalue weighted by atomic mass is 32.2. The molecule has 0 fully saturated rings. The summed E-state index contributed by atoms with van der Waals surface area (Å²) in [4.78, 5) is 12.4. The summed E-state index contributed by atoms with van der Waals surface area (Å²) in [5.74, 6) is -0.999. The van der Waals surface area contributed by atoms with Gasteiger partial charge in [0.1, 0.15) is 0 Å². The molecule has 0 saturated carbocycles. The Hall–Kier alpha value is -1.18. The van der Waals surface area contributed by atoms with Crippen LogP contribution in [0.15, 0.2) is 24.3 Å². The van der Waals surface area contributed by atoms with Crippen LogP contribution in [0.1, 0.15) is 162 Å². The Kier molecular flexibility index (Phi) is 27.1. The fourth-order valence-electron chi connectivity index (χ4n) is 4.88. The van der Waals surface area contributed by atoms with Crippen LogP contribution in [0.3, 0.4) is 0 Å². The fourth-order valence-corrected chi connectivity index (χ4v) is 5.61. The van der Waals surface area contributed by atoms with E-state index in [0.29, 0.717) is 6.42 Å². The van der Waals surface area contributed by atoms with Gasteiger partial charge >= 0.3 is 0 Å². The maximum absolute atomic E-state index is 12.4. The third kappa shape index (κ3) is 28.4. The van der Waals surface area contributed by atoms with Crippen LogP contribution < -0.4 is 5.32 Å². The van der Waals surface area contributed by atoms with E-state index >= 15 is 0 Å². The van der Waals surface area contributed by atoms with Crippen LogP contribution in [0.5, 0.6) is 0 Å². The molecule has 0 radical (unpaired) electrons. The summed E-state index contributed by atoms with van der Waals surface area (Å²) in [5, 5.41) is 13.1. The number of nitrogens with one attached hydrogen (secondary N) is 1. The van der Waals surface area contributed by atoms with Gasteiger partial charge < -0.3 is 10.4 Å². The first-order valence-electron chi connectivity index (χ1n) is 16.5. The maximum atomic E-state index is 12.4. The van der Waals surface area contributed by atoms with Gasteiger partial charge in [-0.05, 0) is 32.1 Å². The number of hydrogen-bond donors (Lipinski definition) is 3. The van der Waals surface area contributed by atoms with Gasteiger partial charge in [0.2, 0.25) is 5.91 Å². The number of allylic oxidation sites excluding steroid dienone is 3. The highest BCUT2D eigenvalue weighted by Crippen LogP contribution is 2.13. The predicted octanol–water partition coefficient (Wildman–Crippen LogP) is 8.84. The topological polar surface area (TPSA) is 104 Å². The quantitative estimate of drug-likeness (QED) is 0.0462. The van der Waals surface area contributed by atoms with Gasteiger partial charge in [0, 0.05) is 6.42 Å². The van der Waals surface area contributed by atoms with E-state index < -0.39 is 28.0 Å². The molecule has 0 aromatic heterocycles. The largest absolute Gasteiger partial charge is 0.387 e. The fraction of sp³-hybridized carbons (Fsp3) is 0.848. The zero-order chi connectivity index (χ0) is 29.7. The summed E-state index contributed by atoms with van der Waals surface area (Å²) in [5.41, 5.74) is 0. The van der Waals surface area contributed by atoms with Crippen molar-refractivity contribution in [1.82, 2.24) is 5.32 Å². The van der Waals surface area contributed by atoms with Crippen molar-refractivity contribution in [2.24, 2.45) is 0 Å². The molecular weight excluding hydrogens is 522 g/mol. The van der Waals surface area contributed by atoms with Gasteiger partial charge in [0.15, 0.2) is 0 Å². The van der Waals surface area contributed by atoms with Crippen LogP contribution in [0.25, 0.3) is 0 Å². The number of hydrogen-bond acceptors (Lipinski definition) is 4. The molecule has 0 saturated heterocycles. The Morgan fingerprint density at radius 1 is 0.650 bits per heavy atom. The molecule has 236 valence electrons. The zero-order valence-corrected chi connectivity index (χ0v) is 26.8. The average molecular weight is 586 g/mol. The minimum atomic E-state index is -4.34. The molecule has 2 atom stereocenters. The van der Waals surface area contributed by atoms with Gasteiger partial charge in [-0.15, -0.1) is 0 Å². The van der Waals surface area contributed by atoms with E-state index in [-0.39, 0.29) is 5.91 Å². The third-order valence-corrected chi connectivity index (χ3v) is 8.16. The van der Waals surface area contributed by atoms with Crippen molar-refractivity contribution in [1.29, 1.82) is 0 Å². The minimum absolute atomic E-state index is 0.290. The second-order valence-corrected chi connectivity index (χ2v) is 12.9. The number of carbonyl (C=O) groups excluding carboxylic acids is 1. The maximum Gasteiger partial charge on any atom is 0.267 e. The highest BCUT2D eigenvalue weighted by molar-refractivity contribution is 7.85. The molecule has 0 heterocycles. The third-order valence-electron chi connectivity index (χ3n) is 7.38. The van der Waals surface area contributed by atoms with Gasteiger partial charge in [-0.1, -0.05) is 147 Å². The molecule has 0 aliphatic heterocycles. The summed E-state index contributed by atoms with van der Waals surface area (Å²) in [6, 6.07) is -1.07. The molecule has 2 unspecified atom stereocenters. The molecule has 6 nitrogen and oxygen atoms in total. The molecule has 7 heteroatoms. The van der Waals surface area contributed by atoms with E-state index in [0.717, 1.165) is 38.5 Å². The Morgan fingerprint density at radius 2 is 1.07 bits per heavy atom. The molecular formula is C33H63NO5S. The smallest absolute Gasteiger partial charge is 0.267 e. The second kappa shape index (κ2) is 28.0. The Balaban J connectivity index is 4.10. The lowest BCUT2D eigenvalue weighted by Crippen LogP contribution is -2.46. The molecule has 0 bridgehead atoms. The van der Waals surface area contributed by atoms with Gasteiger partial charge in [0.05, 0.1) is 17.9 Å². The van der Waals surface area contributed by atoms with Crippen molar-refractivity contribution in [3.8, 4) is 0 Å². The summed E-state index contributed by atoms with van der Waals surface area (Å²) in [6.07, 6.45) is 33.1. The predicted molar refractivity (Wildman–Crippen MR) is 170 cm³/mol. The number of carbonyl (C=O) groups is 1. The summed E-state index contributed by atoms with van der Waals surface area (Å²) >= 11 is 0. The first kappa shape index (κ1) is 38.8. The number of amides is 1. The number of rotatable bonds is 29. The number of unbranched alkanes of at least 4 members (excludes halogenated alkanes) is 19. The lowest BCUT2D eigenvalue weighted by Gasteiger charge is -2.21. The van der Waals surface area contributed by atoms with Gasteiger partial charge in [-0.2, -0.15) is 8.42 Å². The zero-order valence-electron chi connectivity index (χ0n) is 26.0. The number of aliphatic hydroxyl groups excluding tert-OH is 1. The van der Waals surface area contributed by atoms with Crippen LogP contribution >= 0.6 is 0 Å². The molecule has 0 aromatic carbocycles. The Bertz CT molecular complexity index is 735. The standard InChI is InChI=1S/C33H63NO5S/c1-3-5-7-9-11-13-15-16-17-18-19-20-22-24-26-28-32(35)31(30-40(37,38)39)34-33(36)29-27-25-23-21-14-12-10-8-6-4-2/h19-20,26,28,31-32,35H,3-18,21-25,27,29-30H2,1-2H3,(H,34,36)(H,37,38,39)/b20-19+,28-26+. The van der Waals surface area contributed by atoms with Gasteiger partial charge in [-0.3, -0.25) is 9.35 Å². The van der Waals surface area contributed by atoms with E-state index in [2.05, 4.69) is 31.3 Å². The van der Waals surface area contributed by atoms with E-state index in [1.807, 2.05) is 0 Å². The summed E-state index contributed by atoms with van der Waals surface area (Å²) < 4.78 is 32.2. The Labute approximate surface area is 247 Å². The van der Waals surface area contributed by atoms with E-state index in [4.69, 9.17) is 0 Å². The molecule has 0 rings (SSSR count). The molecule has 0 spiro atoms. The van der Waals surface area contributed by atoms with Crippen molar-refractivity contribution >= 4 is 16.0 Å². The van der Waals surface area contributed by atoms with Gasteiger partial charge in [-0.25, -0.2) is 0 Å². The van der Waals surface area contributed by atoms with E-state index in [9.17, 15) is 22.9 Å². The van der Waals surface area contributed by atoms with Crippen LogP contribution in [0.4, 0.5) is 0 Å². The normalized spacial score (nSPS) is 13.8. The van der Waals surface area contributed by atoms with Gasteiger partial charge in [0.25, 0.3) is 10.1 Å². The summed E-state index contributed by atoms with van der Waals surface area (Å²) in [7, 11) is -4.34. The van der Waals surface area contributed by atoms with Crippen LogP contribution in [-0.2, 0) is 14.9 Å².